The van der Waals surface area contributed by atoms with Crippen LogP contribution in [-0.2, 0) is 7.05 Å². The number of anilines is 1. The van der Waals surface area contributed by atoms with Crippen LogP contribution < -0.4 is 10.6 Å². The van der Waals surface area contributed by atoms with Gasteiger partial charge in [-0.2, -0.15) is 5.10 Å². The van der Waals surface area contributed by atoms with E-state index in [1.165, 1.54) is 25.7 Å². The minimum absolute atomic E-state index is 0.141. The molecule has 1 aromatic rings. The number of nitrogens with zero attached hydrogens (tertiary/aromatic N) is 4. The average Bonchev–Trinajstić information content (AvgIpc) is 3.03. The molecule has 0 radical (unpaired) electrons. The zero-order valence-electron chi connectivity index (χ0n) is 13.5. The second-order valence-corrected chi connectivity index (χ2v) is 6.38. The summed E-state index contributed by atoms with van der Waals surface area (Å²) in [6.45, 7) is 7.29. The zero-order valence-corrected chi connectivity index (χ0v) is 13.5. The van der Waals surface area contributed by atoms with Crippen molar-refractivity contribution in [2.45, 2.75) is 52.5 Å². The monoisotopic (exact) mass is 293 g/mol. The third kappa shape index (κ3) is 3.14. The van der Waals surface area contributed by atoms with Gasteiger partial charge in [0.1, 0.15) is 5.82 Å². The van der Waals surface area contributed by atoms with E-state index in [1.54, 1.807) is 0 Å². The molecule has 2 rings (SSSR count). The smallest absolute Gasteiger partial charge is 0.175 e. The third-order valence-corrected chi connectivity index (χ3v) is 4.16. The molecule has 0 spiro atoms. The lowest BCUT2D eigenvalue weighted by Gasteiger charge is -2.33. The van der Waals surface area contributed by atoms with E-state index in [9.17, 15) is 0 Å². The van der Waals surface area contributed by atoms with Crippen LogP contribution in [0.1, 0.15) is 50.8 Å². The summed E-state index contributed by atoms with van der Waals surface area (Å²) in [7, 11) is 1.93. The van der Waals surface area contributed by atoms with Gasteiger partial charge in [0.25, 0.3) is 0 Å². The van der Waals surface area contributed by atoms with Crippen molar-refractivity contribution in [3.05, 3.63) is 11.3 Å². The lowest BCUT2D eigenvalue weighted by molar-refractivity contribution is 0.318. The molecule has 0 unspecified atom stereocenters. The van der Waals surface area contributed by atoms with Gasteiger partial charge in [-0.1, -0.05) is 31.8 Å². The van der Waals surface area contributed by atoms with Gasteiger partial charge in [-0.25, -0.2) is 0 Å². The fourth-order valence-corrected chi connectivity index (χ4v) is 3.34. The molecule has 0 saturated heterocycles. The number of hydrogen-bond donors (Lipinski definition) is 2. The molecule has 6 heteroatoms. The van der Waals surface area contributed by atoms with Gasteiger partial charge in [0.15, 0.2) is 5.84 Å². The van der Waals surface area contributed by atoms with E-state index < -0.39 is 0 Å². The van der Waals surface area contributed by atoms with E-state index >= 15 is 0 Å². The normalized spacial score (nSPS) is 16.9. The molecule has 0 amide bonds. The van der Waals surface area contributed by atoms with Crippen molar-refractivity contribution >= 4 is 11.7 Å². The standard InChI is InChI=1S/C15H27N5O/c1-10(2)9-20(12-7-5-6-8-12)15-13(14(16)18-21)11(3)17-19(15)4/h10,12,21H,5-9H2,1-4H3,(H2,16,18). The highest BCUT2D eigenvalue weighted by atomic mass is 16.4. The van der Waals surface area contributed by atoms with Gasteiger partial charge in [0.05, 0.1) is 11.3 Å². The fourth-order valence-electron chi connectivity index (χ4n) is 3.34. The molecule has 1 saturated carbocycles. The molecule has 118 valence electrons. The Balaban J connectivity index is 2.48. The Morgan fingerprint density at radius 3 is 2.62 bits per heavy atom. The molecule has 6 nitrogen and oxygen atoms in total. The molecule has 1 aromatic heterocycles. The molecule has 0 aliphatic heterocycles. The largest absolute Gasteiger partial charge is 0.409 e. The summed E-state index contributed by atoms with van der Waals surface area (Å²) in [4.78, 5) is 2.41. The number of nitrogens with two attached hydrogens (primary N) is 1. The number of oxime groups is 1. The molecule has 0 atom stereocenters. The summed E-state index contributed by atoms with van der Waals surface area (Å²) < 4.78 is 1.86. The van der Waals surface area contributed by atoms with E-state index in [2.05, 4.69) is 29.0 Å². The van der Waals surface area contributed by atoms with Gasteiger partial charge in [-0.15, -0.1) is 0 Å². The predicted octanol–water partition coefficient (Wildman–Crippen LogP) is 2.23. The van der Waals surface area contributed by atoms with E-state index in [0.29, 0.717) is 12.0 Å². The van der Waals surface area contributed by atoms with Crippen molar-refractivity contribution < 1.29 is 5.21 Å². The topological polar surface area (TPSA) is 79.7 Å². The molecule has 1 heterocycles. The highest BCUT2D eigenvalue weighted by Crippen LogP contribution is 2.32. The van der Waals surface area contributed by atoms with E-state index in [-0.39, 0.29) is 5.84 Å². The number of hydrogen-bond acceptors (Lipinski definition) is 4. The quantitative estimate of drug-likeness (QED) is 0.377. The van der Waals surface area contributed by atoms with E-state index in [0.717, 1.165) is 23.6 Å². The van der Waals surface area contributed by atoms with Crippen LogP contribution in [0.25, 0.3) is 0 Å². The van der Waals surface area contributed by atoms with Crippen LogP contribution in [0.4, 0.5) is 5.82 Å². The summed E-state index contributed by atoms with van der Waals surface area (Å²) >= 11 is 0. The first kappa shape index (κ1) is 15.7. The third-order valence-electron chi connectivity index (χ3n) is 4.16. The van der Waals surface area contributed by atoms with Gasteiger partial charge >= 0.3 is 0 Å². The molecule has 21 heavy (non-hydrogen) atoms. The Bertz CT molecular complexity index is 514. The van der Waals surface area contributed by atoms with E-state index in [4.69, 9.17) is 10.9 Å². The summed E-state index contributed by atoms with van der Waals surface area (Å²) in [6, 6.07) is 0.521. The maximum Gasteiger partial charge on any atom is 0.175 e. The number of aromatic nitrogens is 2. The molecular formula is C15H27N5O. The maximum atomic E-state index is 9.08. The molecule has 1 fully saturated rings. The number of rotatable bonds is 5. The fraction of sp³-hybridized carbons (Fsp3) is 0.733. The first-order valence-corrected chi connectivity index (χ1v) is 7.73. The highest BCUT2D eigenvalue weighted by Gasteiger charge is 2.29. The van der Waals surface area contributed by atoms with Crippen LogP contribution in [0.2, 0.25) is 0 Å². The molecule has 3 N–H and O–H groups in total. The molecule has 0 aromatic carbocycles. The van der Waals surface area contributed by atoms with Gasteiger partial charge in [0.2, 0.25) is 0 Å². The van der Waals surface area contributed by atoms with Crippen LogP contribution in [0.3, 0.4) is 0 Å². The van der Waals surface area contributed by atoms with E-state index in [1.807, 2.05) is 18.7 Å². The van der Waals surface area contributed by atoms with Crippen molar-refractivity contribution in [3.63, 3.8) is 0 Å². The maximum absolute atomic E-state index is 9.08. The van der Waals surface area contributed by atoms with Crippen molar-refractivity contribution in [1.29, 1.82) is 0 Å². The molecule has 1 aliphatic carbocycles. The highest BCUT2D eigenvalue weighted by molar-refractivity contribution is 6.02. The van der Waals surface area contributed by atoms with Crippen LogP contribution in [0.5, 0.6) is 0 Å². The lowest BCUT2D eigenvalue weighted by atomic mass is 10.1. The van der Waals surface area contributed by atoms with Crippen molar-refractivity contribution in [1.82, 2.24) is 9.78 Å². The Hall–Kier alpha value is -1.72. The molecular weight excluding hydrogens is 266 g/mol. The lowest BCUT2D eigenvalue weighted by Crippen LogP contribution is -2.39. The molecule has 0 bridgehead atoms. The first-order valence-electron chi connectivity index (χ1n) is 7.73. The Kier molecular flexibility index (Phi) is 4.75. The second-order valence-electron chi connectivity index (χ2n) is 6.38. The Labute approximate surface area is 126 Å². The molecule has 1 aliphatic rings. The number of amidine groups is 1. The van der Waals surface area contributed by atoms with Crippen molar-refractivity contribution in [2.24, 2.45) is 23.9 Å². The SMILES string of the molecule is Cc1nn(C)c(N(CC(C)C)C2CCCC2)c1C(N)=NO. The van der Waals surface area contributed by atoms with Crippen LogP contribution >= 0.6 is 0 Å². The van der Waals surface area contributed by atoms with Crippen LogP contribution in [0.15, 0.2) is 5.16 Å². The van der Waals surface area contributed by atoms with Crippen LogP contribution in [-0.4, -0.2) is 33.4 Å². The summed E-state index contributed by atoms with van der Waals surface area (Å²) in [5.74, 6) is 1.66. The number of aryl methyl sites for hydroxylation is 2. The van der Waals surface area contributed by atoms with Gasteiger partial charge < -0.3 is 15.8 Å². The summed E-state index contributed by atoms with van der Waals surface area (Å²) in [5, 5.41) is 16.8. The first-order chi connectivity index (χ1) is 9.95. The second kappa shape index (κ2) is 6.37. The van der Waals surface area contributed by atoms with Gasteiger partial charge in [-0.05, 0) is 25.7 Å². The average molecular weight is 293 g/mol. The summed E-state index contributed by atoms with van der Waals surface area (Å²) in [6.07, 6.45) is 4.95. The minimum atomic E-state index is 0.141. The van der Waals surface area contributed by atoms with Crippen molar-refractivity contribution in [2.75, 3.05) is 11.4 Å². The summed E-state index contributed by atoms with van der Waals surface area (Å²) in [5.41, 5.74) is 7.45. The Morgan fingerprint density at radius 2 is 2.10 bits per heavy atom. The van der Waals surface area contributed by atoms with Gasteiger partial charge in [0, 0.05) is 19.6 Å². The minimum Gasteiger partial charge on any atom is -0.409 e. The zero-order chi connectivity index (χ0) is 15.6. The van der Waals surface area contributed by atoms with Crippen LogP contribution in [0, 0.1) is 12.8 Å². The Morgan fingerprint density at radius 1 is 1.48 bits per heavy atom. The van der Waals surface area contributed by atoms with Crippen molar-refractivity contribution in [3.8, 4) is 0 Å². The van der Waals surface area contributed by atoms with Gasteiger partial charge in [-0.3, -0.25) is 4.68 Å². The predicted molar refractivity (Wildman–Crippen MR) is 84.9 cm³/mol.